The number of rotatable bonds is 3. The van der Waals surface area contributed by atoms with E-state index in [1.165, 1.54) is 6.92 Å². The second kappa shape index (κ2) is 4.71. The molecule has 0 bridgehead atoms. The molecule has 0 amide bonds. The van der Waals surface area contributed by atoms with Gasteiger partial charge in [0, 0.05) is 13.0 Å². The summed E-state index contributed by atoms with van der Waals surface area (Å²) in [4.78, 5) is 10.3. The average molecular weight is 183 g/mol. The van der Waals surface area contributed by atoms with E-state index in [0.29, 0.717) is 0 Å². The summed E-state index contributed by atoms with van der Waals surface area (Å²) in [6, 6.07) is 0. The number of hydrogen-bond donors (Lipinski definition) is 0. The van der Waals surface area contributed by atoms with Gasteiger partial charge < -0.3 is 8.85 Å². The van der Waals surface area contributed by atoms with Crippen LogP contribution in [-0.2, 0) is 13.6 Å². The summed E-state index contributed by atoms with van der Waals surface area (Å²) in [6.07, 6.45) is 0.0218. The molecule has 0 fully saturated rings. The van der Waals surface area contributed by atoms with E-state index >= 15 is 0 Å². The third-order valence-electron chi connectivity index (χ3n) is 0.638. The standard InChI is InChI=1S/C5H11ClO3Si/c1-4(2)8-10(6)9-5(3)7/h4,10H,1-3H3. The fourth-order valence-electron chi connectivity index (χ4n) is 0.372. The van der Waals surface area contributed by atoms with Crippen molar-refractivity contribution in [3.63, 3.8) is 0 Å². The van der Waals surface area contributed by atoms with E-state index in [1.54, 1.807) is 0 Å². The Morgan fingerprint density at radius 3 is 2.40 bits per heavy atom. The van der Waals surface area contributed by atoms with Crippen molar-refractivity contribution in [1.29, 1.82) is 0 Å². The molecule has 0 saturated carbocycles. The summed E-state index contributed by atoms with van der Waals surface area (Å²) >= 11 is 5.54. The summed E-state index contributed by atoms with van der Waals surface area (Å²) in [5.74, 6) is -0.382. The highest BCUT2D eigenvalue weighted by Gasteiger charge is 2.13. The van der Waals surface area contributed by atoms with Crippen molar-refractivity contribution in [2.75, 3.05) is 0 Å². The zero-order chi connectivity index (χ0) is 8.15. The predicted octanol–water partition coefficient (Wildman–Crippen LogP) is 0.930. The lowest BCUT2D eigenvalue weighted by atomic mass is 10.5. The van der Waals surface area contributed by atoms with Crippen LogP contribution in [0.3, 0.4) is 0 Å². The number of hydrogen-bond acceptors (Lipinski definition) is 3. The molecule has 0 rings (SSSR count). The molecule has 5 heteroatoms. The Hall–Kier alpha value is -0.0631. The first kappa shape index (κ1) is 9.94. The van der Waals surface area contributed by atoms with Crippen LogP contribution in [0.5, 0.6) is 0 Å². The minimum Gasteiger partial charge on any atom is -0.485 e. The molecular weight excluding hydrogens is 172 g/mol. The van der Waals surface area contributed by atoms with Crippen molar-refractivity contribution in [1.82, 2.24) is 0 Å². The van der Waals surface area contributed by atoms with E-state index < -0.39 is 8.59 Å². The highest BCUT2D eigenvalue weighted by atomic mass is 35.6. The Balaban J connectivity index is 3.43. The second-order valence-corrected chi connectivity index (χ2v) is 4.19. The summed E-state index contributed by atoms with van der Waals surface area (Å²) in [5, 5.41) is 0. The molecule has 0 aliphatic heterocycles. The quantitative estimate of drug-likeness (QED) is 0.481. The lowest BCUT2D eigenvalue weighted by molar-refractivity contribution is -0.133. The van der Waals surface area contributed by atoms with Gasteiger partial charge >= 0.3 is 8.59 Å². The molecule has 10 heavy (non-hydrogen) atoms. The fraction of sp³-hybridized carbons (Fsp3) is 0.800. The van der Waals surface area contributed by atoms with E-state index in [-0.39, 0.29) is 12.1 Å². The van der Waals surface area contributed by atoms with Gasteiger partial charge in [-0.2, -0.15) is 0 Å². The monoisotopic (exact) mass is 182 g/mol. The van der Waals surface area contributed by atoms with E-state index in [2.05, 4.69) is 4.43 Å². The smallest absolute Gasteiger partial charge is 0.485 e. The Morgan fingerprint density at radius 1 is 1.60 bits per heavy atom. The average Bonchev–Trinajstić information content (AvgIpc) is 1.58. The van der Waals surface area contributed by atoms with E-state index in [0.717, 1.165) is 0 Å². The maximum absolute atomic E-state index is 10.3. The molecule has 0 N–H and O–H groups in total. The highest BCUT2D eigenvalue weighted by Crippen LogP contribution is 1.99. The lowest BCUT2D eigenvalue weighted by Crippen LogP contribution is -2.22. The zero-order valence-electron chi connectivity index (χ0n) is 6.26. The molecular formula is C5H11ClO3Si. The van der Waals surface area contributed by atoms with E-state index in [4.69, 9.17) is 15.5 Å². The van der Waals surface area contributed by atoms with Crippen molar-refractivity contribution in [3.8, 4) is 0 Å². The molecule has 0 aromatic carbocycles. The number of carbonyl (C=O) groups is 1. The van der Waals surface area contributed by atoms with Crippen LogP contribution in [-0.4, -0.2) is 20.7 Å². The Bertz CT molecular complexity index is 117. The van der Waals surface area contributed by atoms with E-state index in [1.807, 2.05) is 13.8 Å². The second-order valence-electron chi connectivity index (χ2n) is 2.07. The largest absolute Gasteiger partial charge is 0.491 e. The third kappa shape index (κ3) is 6.06. The minimum absolute atomic E-state index is 0.0218. The Labute approximate surface area is 66.8 Å². The molecule has 0 spiro atoms. The molecule has 3 nitrogen and oxygen atoms in total. The van der Waals surface area contributed by atoms with Crippen LogP contribution in [0.4, 0.5) is 0 Å². The van der Waals surface area contributed by atoms with Crippen LogP contribution < -0.4 is 0 Å². The van der Waals surface area contributed by atoms with Crippen LogP contribution in [0, 0.1) is 0 Å². The fourth-order valence-corrected chi connectivity index (χ4v) is 2.11. The summed E-state index contributed by atoms with van der Waals surface area (Å²) in [5.41, 5.74) is 0. The van der Waals surface area contributed by atoms with Gasteiger partial charge in [0.05, 0.1) is 0 Å². The molecule has 0 radical (unpaired) electrons. The van der Waals surface area contributed by atoms with Gasteiger partial charge in [0.2, 0.25) is 0 Å². The summed E-state index contributed by atoms with van der Waals surface area (Å²) in [6.45, 7) is 4.99. The van der Waals surface area contributed by atoms with Gasteiger partial charge in [-0.3, -0.25) is 4.79 Å². The molecule has 0 aliphatic carbocycles. The zero-order valence-corrected chi connectivity index (χ0v) is 8.17. The lowest BCUT2D eigenvalue weighted by Gasteiger charge is -2.11. The van der Waals surface area contributed by atoms with Gasteiger partial charge in [-0.15, -0.1) is 0 Å². The van der Waals surface area contributed by atoms with Gasteiger partial charge in [0.25, 0.3) is 5.97 Å². The van der Waals surface area contributed by atoms with Crippen molar-refractivity contribution in [3.05, 3.63) is 0 Å². The maximum atomic E-state index is 10.3. The van der Waals surface area contributed by atoms with Gasteiger partial charge in [0.1, 0.15) is 0 Å². The number of carbonyl (C=O) groups excluding carboxylic acids is 1. The minimum atomic E-state index is -2.20. The van der Waals surface area contributed by atoms with E-state index in [9.17, 15) is 4.79 Å². The highest BCUT2D eigenvalue weighted by molar-refractivity contribution is 7.00. The summed E-state index contributed by atoms with van der Waals surface area (Å²) in [7, 11) is -2.20. The predicted molar refractivity (Wildman–Crippen MR) is 41.0 cm³/mol. The SMILES string of the molecule is CC(=O)O[SiH](Cl)OC(C)C. The Kier molecular flexibility index (Phi) is 4.68. The molecule has 1 unspecified atom stereocenters. The first-order valence-electron chi connectivity index (χ1n) is 2.99. The molecule has 0 saturated heterocycles. The normalized spacial score (nSPS) is 13.3. The molecule has 0 aromatic heterocycles. The first-order chi connectivity index (χ1) is 4.52. The van der Waals surface area contributed by atoms with Gasteiger partial charge in [0.15, 0.2) is 0 Å². The number of halogens is 1. The van der Waals surface area contributed by atoms with Gasteiger partial charge in [-0.25, -0.2) is 0 Å². The molecule has 1 atom stereocenters. The van der Waals surface area contributed by atoms with Gasteiger partial charge in [-0.1, -0.05) is 11.1 Å². The van der Waals surface area contributed by atoms with Crippen molar-refractivity contribution < 1.29 is 13.6 Å². The summed E-state index contributed by atoms with van der Waals surface area (Å²) < 4.78 is 9.63. The third-order valence-corrected chi connectivity index (χ3v) is 2.49. The molecule has 0 aliphatic rings. The Morgan fingerprint density at radius 2 is 2.10 bits per heavy atom. The van der Waals surface area contributed by atoms with Crippen molar-refractivity contribution in [2.45, 2.75) is 26.9 Å². The van der Waals surface area contributed by atoms with Crippen LogP contribution in [0.2, 0.25) is 0 Å². The molecule has 0 aromatic rings. The topological polar surface area (TPSA) is 35.5 Å². The first-order valence-corrected chi connectivity index (χ1v) is 5.68. The van der Waals surface area contributed by atoms with Crippen LogP contribution in [0.25, 0.3) is 0 Å². The van der Waals surface area contributed by atoms with Crippen LogP contribution >= 0.6 is 11.1 Å². The molecule has 0 heterocycles. The van der Waals surface area contributed by atoms with Crippen LogP contribution in [0.15, 0.2) is 0 Å². The molecule has 60 valence electrons. The van der Waals surface area contributed by atoms with Gasteiger partial charge in [-0.05, 0) is 13.8 Å². The van der Waals surface area contributed by atoms with Crippen LogP contribution in [0.1, 0.15) is 20.8 Å². The maximum Gasteiger partial charge on any atom is 0.491 e. The van der Waals surface area contributed by atoms with Crippen molar-refractivity contribution >= 4 is 25.6 Å². The van der Waals surface area contributed by atoms with Crippen molar-refractivity contribution in [2.24, 2.45) is 0 Å².